The van der Waals surface area contributed by atoms with Gasteiger partial charge in [-0.2, -0.15) is 0 Å². The first kappa shape index (κ1) is 22.7. The second kappa shape index (κ2) is 9.03. The molecule has 0 unspecified atom stereocenters. The van der Waals surface area contributed by atoms with Gasteiger partial charge in [-0.3, -0.25) is 9.52 Å². The summed E-state index contributed by atoms with van der Waals surface area (Å²) in [6.45, 7) is 2.32. The number of benzene rings is 3. The average molecular weight is 445 g/mol. The molecule has 8 heteroatoms. The van der Waals surface area contributed by atoms with Crippen molar-refractivity contribution in [3.8, 4) is 0 Å². The molecule has 0 fully saturated rings. The topological polar surface area (TPSA) is 95.5 Å². The molecule has 0 radical (unpaired) electrons. The quantitative estimate of drug-likeness (QED) is 0.493. The minimum atomic E-state index is -3.87. The molecule has 3 aromatic rings. The number of fused-ring (bicyclic) bond motifs is 1. The summed E-state index contributed by atoms with van der Waals surface area (Å²) in [5.41, 5.74) is 0.680. The third-order valence-electron chi connectivity index (χ3n) is 5.04. The number of alkyl halides is 1. The minimum absolute atomic E-state index is 0.116. The van der Waals surface area contributed by atoms with Gasteiger partial charge in [0.1, 0.15) is 6.67 Å². The van der Waals surface area contributed by atoms with E-state index in [9.17, 15) is 22.7 Å². The summed E-state index contributed by atoms with van der Waals surface area (Å²) in [5.74, 6) is -0.391. The molecule has 3 rings (SSSR count). The number of sulfonamides is 1. The zero-order valence-electron chi connectivity index (χ0n) is 17.4. The molecule has 164 valence electrons. The van der Waals surface area contributed by atoms with Gasteiger partial charge in [0.05, 0.1) is 16.9 Å². The molecular formula is C23H25FN2O4S. The molecule has 0 atom stereocenters. The molecule has 0 heterocycles. The number of halogens is 1. The first-order chi connectivity index (χ1) is 14.7. The van der Waals surface area contributed by atoms with Gasteiger partial charge in [0, 0.05) is 17.6 Å². The van der Waals surface area contributed by atoms with Gasteiger partial charge >= 0.3 is 0 Å². The number of carbonyl (C=O) groups excluding carboxylic acids is 1. The van der Waals surface area contributed by atoms with Crippen molar-refractivity contribution in [1.82, 2.24) is 5.32 Å². The number of anilines is 1. The predicted molar refractivity (Wildman–Crippen MR) is 119 cm³/mol. The van der Waals surface area contributed by atoms with E-state index in [0.717, 1.165) is 5.56 Å². The smallest absolute Gasteiger partial charge is 0.262 e. The van der Waals surface area contributed by atoms with Gasteiger partial charge in [-0.15, -0.1) is 0 Å². The third kappa shape index (κ3) is 5.03. The maximum absolute atomic E-state index is 13.0. The summed E-state index contributed by atoms with van der Waals surface area (Å²) in [4.78, 5) is 12.1. The van der Waals surface area contributed by atoms with Crippen LogP contribution >= 0.6 is 0 Å². The zero-order chi connectivity index (χ0) is 22.6. The minimum Gasteiger partial charge on any atom is -0.392 e. The van der Waals surface area contributed by atoms with E-state index in [0.29, 0.717) is 22.0 Å². The van der Waals surface area contributed by atoms with E-state index >= 15 is 0 Å². The number of rotatable bonds is 8. The highest BCUT2D eigenvalue weighted by Gasteiger charge is 2.27. The van der Waals surface area contributed by atoms with Crippen LogP contribution in [0.4, 0.5) is 10.1 Å². The average Bonchev–Trinajstić information content (AvgIpc) is 2.77. The molecule has 0 spiro atoms. The maximum Gasteiger partial charge on any atom is 0.262 e. The maximum atomic E-state index is 13.0. The van der Waals surface area contributed by atoms with E-state index in [1.807, 2.05) is 0 Å². The highest BCUT2D eigenvalue weighted by Crippen LogP contribution is 2.27. The van der Waals surface area contributed by atoms with Crippen molar-refractivity contribution in [3.05, 3.63) is 71.8 Å². The summed E-state index contributed by atoms with van der Waals surface area (Å²) in [6.07, 6.45) is 0. The molecule has 0 saturated carbocycles. The molecule has 0 aliphatic rings. The number of hydrogen-bond donors (Lipinski definition) is 3. The Morgan fingerprint density at radius 1 is 1.00 bits per heavy atom. The second-order valence-corrected chi connectivity index (χ2v) is 9.58. The third-order valence-corrected chi connectivity index (χ3v) is 6.48. The number of hydrogen-bond acceptors (Lipinski definition) is 4. The molecular weight excluding hydrogens is 419 g/mol. The number of carbonyl (C=O) groups is 1. The van der Waals surface area contributed by atoms with Crippen LogP contribution in [0.5, 0.6) is 0 Å². The van der Waals surface area contributed by atoms with Crippen LogP contribution in [0, 0.1) is 5.41 Å². The van der Waals surface area contributed by atoms with Gasteiger partial charge in [0.15, 0.2) is 0 Å². The van der Waals surface area contributed by atoms with Crippen molar-refractivity contribution in [2.24, 2.45) is 5.41 Å². The van der Waals surface area contributed by atoms with Crippen LogP contribution in [0.15, 0.2) is 65.6 Å². The van der Waals surface area contributed by atoms with Gasteiger partial charge in [-0.1, -0.05) is 42.5 Å². The summed E-state index contributed by atoms with van der Waals surface area (Å²) in [5, 5.41) is 13.4. The van der Waals surface area contributed by atoms with E-state index in [-0.39, 0.29) is 18.0 Å². The van der Waals surface area contributed by atoms with Crippen LogP contribution in [0.25, 0.3) is 10.8 Å². The first-order valence-corrected chi connectivity index (χ1v) is 11.2. The standard InChI is InChI=1S/C23H25FN2O4S/c1-23(2,15-24)22(28)25-13-16-9-11-18(12-10-16)26-31(29,30)21-8-4-6-19-17(14-27)5-3-7-20(19)21/h3-12,26-27H,13-15H2,1-2H3,(H,25,28). The Kier molecular flexibility index (Phi) is 6.62. The zero-order valence-corrected chi connectivity index (χ0v) is 18.2. The largest absolute Gasteiger partial charge is 0.392 e. The van der Waals surface area contributed by atoms with Gasteiger partial charge < -0.3 is 10.4 Å². The molecule has 3 N–H and O–H groups in total. The Balaban J connectivity index is 1.77. The van der Waals surface area contributed by atoms with E-state index in [1.165, 1.54) is 19.9 Å². The van der Waals surface area contributed by atoms with E-state index in [1.54, 1.807) is 54.6 Å². The van der Waals surface area contributed by atoms with Crippen molar-refractivity contribution < 1.29 is 22.7 Å². The van der Waals surface area contributed by atoms with E-state index in [2.05, 4.69) is 10.0 Å². The Labute approximate surface area is 181 Å². The molecule has 0 bridgehead atoms. The lowest BCUT2D eigenvalue weighted by Crippen LogP contribution is -2.37. The van der Waals surface area contributed by atoms with Gasteiger partial charge in [0.2, 0.25) is 5.91 Å². The summed E-state index contributed by atoms with van der Waals surface area (Å²) in [6, 6.07) is 16.7. The summed E-state index contributed by atoms with van der Waals surface area (Å²) < 4.78 is 41.4. The molecule has 6 nitrogen and oxygen atoms in total. The van der Waals surface area contributed by atoms with Gasteiger partial charge in [-0.25, -0.2) is 12.8 Å². The SMILES string of the molecule is CC(C)(CF)C(=O)NCc1ccc(NS(=O)(=O)c2cccc3c(CO)cccc23)cc1. The number of nitrogens with one attached hydrogen (secondary N) is 2. The van der Waals surface area contributed by atoms with Crippen molar-refractivity contribution in [2.45, 2.75) is 31.9 Å². The van der Waals surface area contributed by atoms with E-state index < -0.39 is 28.0 Å². The Hall–Kier alpha value is -2.97. The van der Waals surface area contributed by atoms with Crippen molar-refractivity contribution in [1.29, 1.82) is 0 Å². The fraction of sp³-hybridized carbons (Fsp3) is 0.261. The lowest BCUT2D eigenvalue weighted by atomic mass is 9.94. The van der Waals surface area contributed by atoms with Crippen LogP contribution in [-0.2, 0) is 28.0 Å². The first-order valence-electron chi connectivity index (χ1n) is 9.75. The molecule has 0 saturated heterocycles. The predicted octanol–water partition coefficient (Wildman–Crippen LogP) is 3.74. The fourth-order valence-electron chi connectivity index (χ4n) is 3.10. The lowest BCUT2D eigenvalue weighted by Gasteiger charge is -2.19. The van der Waals surface area contributed by atoms with Crippen LogP contribution in [0.3, 0.4) is 0 Å². The van der Waals surface area contributed by atoms with Crippen molar-refractivity contribution >= 4 is 32.4 Å². The van der Waals surface area contributed by atoms with Crippen molar-refractivity contribution in [2.75, 3.05) is 11.4 Å². The molecule has 0 aliphatic heterocycles. The highest BCUT2D eigenvalue weighted by atomic mass is 32.2. The molecule has 31 heavy (non-hydrogen) atoms. The van der Waals surface area contributed by atoms with Crippen LogP contribution in [0.2, 0.25) is 0 Å². The summed E-state index contributed by atoms with van der Waals surface area (Å²) in [7, 11) is -3.87. The van der Waals surface area contributed by atoms with Crippen LogP contribution in [0.1, 0.15) is 25.0 Å². The van der Waals surface area contributed by atoms with Gasteiger partial charge in [0.25, 0.3) is 10.0 Å². The monoisotopic (exact) mass is 444 g/mol. The normalized spacial score (nSPS) is 12.0. The fourth-order valence-corrected chi connectivity index (χ4v) is 4.38. The molecule has 1 amide bonds. The van der Waals surface area contributed by atoms with Crippen molar-refractivity contribution in [3.63, 3.8) is 0 Å². The second-order valence-electron chi connectivity index (χ2n) is 7.93. The molecule has 3 aromatic carbocycles. The Morgan fingerprint density at radius 3 is 2.29 bits per heavy atom. The lowest BCUT2D eigenvalue weighted by molar-refractivity contribution is -0.130. The van der Waals surface area contributed by atoms with Crippen LogP contribution < -0.4 is 10.0 Å². The molecule has 0 aromatic heterocycles. The summed E-state index contributed by atoms with van der Waals surface area (Å²) >= 11 is 0. The number of aliphatic hydroxyl groups is 1. The van der Waals surface area contributed by atoms with Crippen LogP contribution in [-0.4, -0.2) is 26.1 Å². The Morgan fingerprint density at radius 2 is 1.65 bits per heavy atom. The Bertz CT molecular complexity index is 1190. The van der Waals surface area contributed by atoms with Gasteiger partial charge in [-0.05, 0) is 48.6 Å². The molecule has 0 aliphatic carbocycles. The number of amides is 1. The number of aliphatic hydroxyl groups excluding tert-OH is 1. The van der Waals surface area contributed by atoms with E-state index in [4.69, 9.17) is 0 Å². The highest BCUT2D eigenvalue weighted by molar-refractivity contribution is 7.93.